The third-order valence-electron chi connectivity index (χ3n) is 5.14. The second-order valence-corrected chi connectivity index (χ2v) is 9.23. The van der Waals surface area contributed by atoms with Crippen LogP contribution in [0.4, 0.5) is 5.69 Å². The summed E-state index contributed by atoms with van der Waals surface area (Å²) >= 11 is 4.87. The van der Waals surface area contributed by atoms with Crippen molar-refractivity contribution in [2.75, 3.05) is 23.4 Å². The molecular weight excluding hydrogens is 436 g/mol. The Morgan fingerprint density at radius 2 is 1.82 bits per heavy atom. The molecule has 2 aromatic rings. The molecule has 28 heavy (non-hydrogen) atoms. The van der Waals surface area contributed by atoms with Gasteiger partial charge in [-0.3, -0.25) is 9.59 Å². The molecule has 1 aliphatic carbocycles. The molecule has 4 nitrogen and oxygen atoms in total. The van der Waals surface area contributed by atoms with E-state index in [9.17, 15) is 9.59 Å². The van der Waals surface area contributed by atoms with Gasteiger partial charge in [0.1, 0.15) is 0 Å². The van der Waals surface area contributed by atoms with Crippen molar-refractivity contribution in [3.8, 4) is 0 Å². The Labute approximate surface area is 179 Å². The number of anilines is 1. The molecular formula is C22H25BrN2O2S. The molecule has 0 aliphatic heterocycles. The Morgan fingerprint density at radius 3 is 2.50 bits per heavy atom. The van der Waals surface area contributed by atoms with Crippen molar-refractivity contribution >= 4 is 45.2 Å². The Kier molecular flexibility index (Phi) is 7.18. The SMILES string of the molecule is Cc1cccc(NC(=O)CSCC(=O)NCC2(c3cccc(Br)c3)CCC2)c1. The van der Waals surface area contributed by atoms with E-state index in [2.05, 4.69) is 38.7 Å². The lowest BCUT2D eigenvalue weighted by Gasteiger charge is -2.42. The van der Waals surface area contributed by atoms with E-state index in [1.54, 1.807) is 0 Å². The molecule has 3 rings (SSSR count). The van der Waals surface area contributed by atoms with Gasteiger partial charge in [0.15, 0.2) is 0 Å². The highest BCUT2D eigenvalue weighted by Gasteiger charge is 2.38. The molecule has 1 fully saturated rings. The number of hydrogen-bond acceptors (Lipinski definition) is 3. The highest BCUT2D eigenvalue weighted by molar-refractivity contribution is 9.10. The van der Waals surface area contributed by atoms with Gasteiger partial charge in [0, 0.05) is 22.1 Å². The van der Waals surface area contributed by atoms with Crippen molar-refractivity contribution < 1.29 is 9.59 Å². The van der Waals surface area contributed by atoms with Crippen molar-refractivity contribution in [2.45, 2.75) is 31.6 Å². The summed E-state index contributed by atoms with van der Waals surface area (Å²) in [7, 11) is 0. The summed E-state index contributed by atoms with van der Waals surface area (Å²) in [5, 5.41) is 5.93. The maximum atomic E-state index is 12.2. The molecule has 0 atom stereocenters. The summed E-state index contributed by atoms with van der Waals surface area (Å²) < 4.78 is 1.07. The number of thioether (sulfide) groups is 1. The minimum absolute atomic E-state index is 0.0189. The Hall–Kier alpha value is -1.79. The van der Waals surface area contributed by atoms with Crippen molar-refractivity contribution in [3.05, 3.63) is 64.1 Å². The molecule has 6 heteroatoms. The molecule has 0 unspecified atom stereocenters. The van der Waals surface area contributed by atoms with E-state index in [1.165, 1.54) is 23.7 Å². The standard InChI is InChI=1S/C22H25BrN2O2S/c1-16-5-2-8-19(11-16)25-21(27)14-28-13-20(26)24-15-22(9-4-10-22)17-6-3-7-18(23)12-17/h2-3,5-8,11-12H,4,9-10,13-15H2,1H3,(H,24,26)(H,25,27). The van der Waals surface area contributed by atoms with Crippen LogP contribution < -0.4 is 10.6 Å². The van der Waals surface area contributed by atoms with Gasteiger partial charge in [-0.15, -0.1) is 11.8 Å². The number of aryl methyl sites for hydroxylation is 1. The molecule has 0 saturated heterocycles. The predicted molar refractivity (Wildman–Crippen MR) is 120 cm³/mol. The number of halogens is 1. The maximum Gasteiger partial charge on any atom is 0.234 e. The van der Waals surface area contributed by atoms with Gasteiger partial charge in [-0.25, -0.2) is 0 Å². The number of rotatable bonds is 8. The average molecular weight is 461 g/mol. The first-order valence-electron chi connectivity index (χ1n) is 9.44. The monoisotopic (exact) mass is 460 g/mol. The largest absolute Gasteiger partial charge is 0.354 e. The second kappa shape index (κ2) is 9.61. The van der Waals surface area contributed by atoms with Crippen LogP contribution in [0.15, 0.2) is 53.0 Å². The van der Waals surface area contributed by atoms with Crippen molar-refractivity contribution in [1.29, 1.82) is 0 Å². The highest BCUT2D eigenvalue weighted by atomic mass is 79.9. The number of nitrogens with one attached hydrogen (secondary N) is 2. The van der Waals surface area contributed by atoms with Gasteiger partial charge in [0.2, 0.25) is 11.8 Å². The van der Waals surface area contributed by atoms with Crippen LogP contribution >= 0.6 is 27.7 Å². The normalized spacial score (nSPS) is 14.8. The van der Waals surface area contributed by atoms with Crippen LogP contribution in [0.3, 0.4) is 0 Å². The number of hydrogen-bond donors (Lipinski definition) is 2. The first kappa shape index (κ1) is 20.9. The lowest BCUT2D eigenvalue weighted by Crippen LogP contribution is -2.46. The fourth-order valence-corrected chi connectivity index (χ4v) is 4.51. The van der Waals surface area contributed by atoms with E-state index in [1.807, 2.05) is 43.3 Å². The molecule has 1 saturated carbocycles. The van der Waals surface area contributed by atoms with E-state index in [-0.39, 0.29) is 28.7 Å². The summed E-state index contributed by atoms with van der Waals surface area (Å²) in [5.41, 5.74) is 3.21. The van der Waals surface area contributed by atoms with E-state index in [0.29, 0.717) is 6.54 Å². The van der Waals surface area contributed by atoms with Gasteiger partial charge in [-0.1, -0.05) is 46.6 Å². The first-order chi connectivity index (χ1) is 13.5. The van der Waals surface area contributed by atoms with Gasteiger partial charge < -0.3 is 10.6 Å². The highest BCUT2D eigenvalue weighted by Crippen LogP contribution is 2.43. The summed E-state index contributed by atoms with van der Waals surface area (Å²) in [4.78, 5) is 24.3. The Morgan fingerprint density at radius 1 is 1.07 bits per heavy atom. The molecule has 0 bridgehead atoms. The minimum atomic E-state index is -0.0898. The van der Waals surface area contributed by atoms with Crippen molar-refractivity contribution in [1.82, 2.24) is 5.32 Å². The molecule has 2 N–H and O–H groups in total. The zero-order chi connectivity index (χ0) is 20.0. The molecule has 0 aromatic heterocycles. The molecule has 0 spiro atoms. The van der Waals surface area contributed by atoms with Crippen LogP contribution in [0, 0.1) is 6.92 Å². The van der Waals surface area contributed by atoms with Crippen LogP contribution in [0.25, 0.3) is 0 Å². The molecule has 148 valence electrons. The van der Waals surface area contributed by atoms with Gasteiger partial charge in [-0.05, 0) is 55.2 Å². The smallest absolute Gasteiger partial charge is 0.234 e. The van der Waals surface area contributed by atoms with Crippen LogP contribution in [0.5, 0.6) is 0 Å². The zero-order valence-electron chi connectivity index (χ0n) is 16.0. The van der Waals surface area contributed by atoms with Crippen LogP contribution in [-0.2, 0) is 15.0 Å². The van der Waals surface area contributed by atoms with Crippen molar-refractivity contribution in [3.63, 3.8) is 0 Å². The number of carbonyl (C=O) groups excluding carboxylic acids is 2. The van der Waals surface area contributed by atoms with Crippen molar-refractivity contribution in [2.24, 2.45) is 0 Å². The number of carbonyl (C=O) groups is 2. The fraction of sp³-hybridized carbons (Fsp3) is 0.364. The first-order valence-corrected chi connectivity index (χ1v) is 11.4. The topological polar surface area (TPSA) is 58.2 Å². The van der Waals surface area contributed by atoms with E-state index < -0.39 is 0 Å². The number of amides is 2. The van der Waals surface area contributed by atoms with Gasteiger partial charge in [0.25, 0.3) is 0 Å². The molecule has 2 aromatic carbocycles. The van der Waals surface area contributed by atoms with Gasteiger partial charge in [-0.2, -0.15) is 0 Å². The van der Waals surface area contributed by atoms with Crippen LogP contribution in [0.1, 0.15) is 30.4 Å². The fourth-order valence-electron chi connectivity index (χ4n) is 3.46. The van der Waals surface area contributed by atoms with Gasteiger partial charge in [0.05, 0.1) is 11.5 Å². The molecule has 0 heterocycles. The predicted octanol–water partition coefficient (Wildman–Crippen LogP) is 4.67. The molecule has 0 radical (unpaired) electrons. The summed E-state index contributed by atoms with van der Waals surface area (Å²) in [6, 6.07) is 16.0. The Balaban J connectivity index is 1.41. The summed E-state index contributed by atoms with van der Waals surface area (Å²) in [6.45, 7) is 2.64. The lowest BCUT2D eigenvalue weighted by molar-refractivity contribution is -0.119. The van der Waals surface area contributed by atoms with Gasteiger partial charge >= 0.3 is 0 Å². The maximum absolute atomic E-state index is 12.2. The summed E-state index contributed by atoms with van der Waals surface area (Å²) in [6.07, 6.45) is 3.38. The van der Waals surface area contributed by atoms with E-state index in [4.69, 9.17) is 0 Å². The molecule has 2 amide bonds. The second-order valence-electron chi connectivity index (χ2n) is 7.33. The van der Waals surface area contributed by atoms with Crippen LogP contribution in [0.2, 0.25) is 0 Å². The van der Waals surface area contributed by atoms with E-state index in [0.717, 1.165) is 28.6 Å². The average Bonchev–Trinajstić information content (AvgIpc) is 2.61. The third-order valence-corrected chi connectivity index (χ3v) is 6.57. The minimum Gasteiger partial charge on any atom is -0.354 e. The van der Waals surface area contributed by atoms with E-state index >= 15 is 0 Å². The molecule has 1 aliphatic rings. The lowest BCUT2D eigenvalue weighted by atomic mass is 9.64. The van der Waals surface area contributed by atoms with Crippen LogP contribution in [-0.4, -0.2) is 29.9 Å². The quantitative estimate of drug-likeness (QED) is 0.601. The summed E-state index contributed by atoms with van der Waals surface area (Å²) in [5.74, 6) is 0.441. The zero-order valence-corrected chi connectivity index (χ0v) is 18.4. The third kappa shape index (κ3) is 5.61. The Bertz CT molecular complexity index is 852. The number of benzene rings is 2.